The molecule has 30 heavy (non-hydrogen) atoms. The second-order valence-corrected chi connectivity index (χ2v) is 13.6. The Hall–Kier alpha value is -2.71. The summed E-state index contributed by atoms with van der Waals surface area (Å²) in [7, 11) is -0.237. The van der Waals surface area contributed by atoms with E-state index in [1.165, 1.54) is 6.07 Å². The Balaban J connectivity index is 1.91. The Bertz CT molecular complexity index is 974. The monoisotopic (exact) mass is 430 g/mol. The van der Waals surface area contributed by atoms with Crippen LogP contribution in [-0.4, -0.2) is 43.7 Å². The molecule has 2 amide bonds. The number of rotatable bonds is 5. The third-order valence-electron chi connectivity index (χ3n) is 5.29. The van der Waals surface area contributed by atoms with Crippen molar-refractivity contribution >= 4 is 30.9 Å². The molecule has 1 heterocycles. The number of carbonyl (C=O) groups excluding carboxylic acids is 1. The summed E-state index contributed by atoms with van der Waals surface area (Å²) in [5.74, 6) is -0.853. The van der Waals surface area contributed by atoms with Crippen molar-refractivity contribution in [3.05, 3.63) is 58.9 Å². The minimum Gasteiger partial charge on any atom is -0.465 e. The molecule has 3 rings (SSSR count). The minimum atomic E-state index is -1.84. The van der Waals surface area contributed by atoms with Crippen LogP contribution in [0.2, 0.25) is 19.6 Å². The van der Waals surface area contributed by atoms with Crippen LogP contribution in [0, 0.1) is 5.82 Å². The van der Waals surface area contributed by atoms with Gasteiger partial charge in [0.1, 0.15) is 11.9 Å². The predicted molar refractivity (Wildman–Crippen MR) is 116 cm³/mol. The van der Waals surface area contributed by atoms with Gasteiger partial charge in [-0.1, -0.05) is 43.9 Å². The predicted octanol–water partition coefficient (Wildman–Crippen LogP) is 3.73. The summed E-state index contributed by atoms with van der Waals surface area (Å²) in [5, 5.41) is 13.0. The maximum Gasteiger partial charge on any atom is 0.408 e. The molecular formula is C22H27FN2O4Si. The van der Waals surface area contributed by atoms with Crippen molar-refractivity contribution in [3.63, 3.8) is 0 Å². The lowest BCUT2D eigenvalue weighted by Crippen LogP contribution is -2.45. The van der Waals surface area contributed by atoms with Gasteiger partial charge in [0, 0.05) is 19.3 Å². The summed E-state index contributed by atoms with van der Waals surface area (Å²) >= 11 is 0. The lowest BCUT2D eigenvalue weighted by molar-refractivity contribution is -0.121. The summed E-state index contributed by atoms with van der Waals surface area (Å²) in [4.78, 5) is 26.0. The van der Waals surface area contributed by atoms with E-state index < -0.39 is 26.1 Å². The molecule has 1 atom stereocenters. The van der Waals surface area contributed by atoms with E-state index in [0.29, 0.717) is 29.5 Å². The highest BCUT2D eigenvalue weighted by atomic mass is 28.3. The standard InChI is InChI=1S/C22H27FN2O4Si/c1-29-13-14-5-7-17-15(11-14)9-10-25(22(27)28)20(17)21(26)24-16-6-8-19(18(23)12-16)30(2,3)4/h5-8,11-12,20H,9-10,13H2,1-4H3,(H,24,26)(H,27,28)/t20-/m0/s1. The van der Waals surface area contributed by atoms with Crippen molar-refractivity contribution in [2.75, 3.05) is 19.0 Å². The lowest BCUT2D eigenvalue weighted by atomic mass is 9.90. The fourth-order valence-electron chi connectivity index (χ4n) is 3.84. The molecule has 0 saturated heterocycles. The van der Waals surface area contributed by atoms with E-state index in [1.54, 1.807) is 25.3 Å². The first-order valence-corrected chi connectivity index (χ1v) is 13.3. The molecular weight excluding hydrogens is 403 g/mol. The molecule has 1 aliphatic heterocycles. The summed E-state index contributed by atoms with van der Waals surface area (Å²) < 4.78 is 19.7. The number of methoxy groups -OCH3 is 1. The number of nitrogens with one attached hydrogen (secondary N) is 1. The Morgan fingerprint density at radius 2 is 1.97 bits per heavy atom. The van der Waals surface area contributed by atoms with Crippen molar-refractivity contribution < 1.29 is 23.8 Å². The van der Waals surface area contributed by atoms with Gasteiger partial charge in [0.05, 0.1) is 14.7 Å². The molecule has 6 nitrogen and oxygen atoms in total. The van der Waals surface area contributed by atoms with Crippen molar-refractivity contribution in [1.29, 1.82) is 0 Å². The fourth-order valence-corrected chi connectivity index (χ4v) is 5.21. The Morgan fingerprint density at radius 3 is 2.57 bits per heavy atom. The number of amides is 2. The van der Waals surface area contributed by atoms with Crippen LogP contribution < -0.4 is 10.5 Å². The SMILES string of the molecule is COCc1ccc2c(c1)CCN(C(=O)O)[C@@H]2C(=O)Nc1ccc([Si](C)(C)C)c(F)c1. The smallest absolute Gasteiger partial charge is 0.408 e. The molecule has 8 heteroatoms. The maximum atomic E-state index is 14.6. The van der Waals surface area contributed by atoms with Gasteiger partial charge < -0.3 is 15.2 Å². The van der Waals surface area contributed by atoms with E-state index in [2.05, 4.69) is 5.32 Å². The molecule has 0 radical (unpaired) electrons. The topological polar surface area (TPSA) is 78.9 Å². The number of hydrogen-bond acceptors (Lipinski definition) is 3. The number of anilines is 1. The molecule has 0 spiro atoms. The number of benzene rings is 2. The zero-order valence-electron chi connectivity index (χ0n) is 17.7. The average Bonchev–Trinajstić information content (AvgIpc) is 2.66. The molecule has 2 N–H and O–H groups in total. The lowest BCUT2D eigenvalue weighted by Gasteiger charge is -2.34. The number of ether oxygens (including phenoxy) is 1. The number of carboxylic acid groups (broad SMARTS) is 1. The van der Waals surface area contributed by atoms with Gasteiger partial charge in [-0.2, -0.15) is 0 Å². The molecule has 0 fully saturated rings. The maximum absolute atomic E-state index is 14.6. The summed E-state index contributed by atoms with van der Waals surface area (Å²) in [6.45, 7) is 6.79. The zero-order chi connectivity index (χ0) is 22.1. The van der Waals surface area contributed by atoms with Crippen LogP contribution in [0.3, 0.4) is 0 Å². The average molecular weight is 431 g/mol. The van der Waals surface area contributed by atoms with E-state index in [0.717, 1.165) is 16.0 Å². The molecule has 0 aromatic heterocycles. The molecule has 0 unspecified atom stereocenters. The van der Waals surface area contributed by atoms with E-state index in [4.69, 9.17) is 4.74 Å². The second-order valence-electron chi connectivity index (χ2n) is 8.53. The van der Waals surface area contributed by atoms with Crippen LogP contribution in [0.1, 0.15) is 22.7 Å². The highest BCUT2D eigenvalue weighted by Gasteiger charge is 2.36. The molecule has 0 saturated carbocycles. The Kier molecular flexibility index (Phi) is 6.28. The van der Waals surface area contributed by atoms with Crippen LogP contribution in [0.15, 0.2) is 36.4 Å². The first kappa shape index (κ1) is 22.0. The molecule has 2 aromatic rings. The molecule has 0 aliphatic carbocycles. The highest BCUT2D eigenvalue weighted by Crippen LogP contribution is 2.32. The minimum absolute atomic E-state index is 0.208. The first-order valence-electron chi connectivity index (χ1n) is 9.83. The van der Waals surface area contributed by atoms with E-state index in [-0.39, 0.29) is 12.4 Å². The van der Waals surface area contributed by atoms with E-state index >= 15 is 0 Å². The summed E-state index contributed by atoms with van der Waals surface area (Å²) in [6, 6.07) is 9.24. The van der Waals surface area contributed by atoms with Crippen LogP contribution >= 0.6 is 0 Å². The van der Waals surface area contributed by atoms with Gasteiger partial charge in [-0.25, -0.2) is 9.18 Å². The number of nitrogens with zero attached hydrogens (tertiary/aromatic N) is 1. The number of carbonyl (C=O) groups is 2. The molecule has 1 aliphatic rings. The van der Waals surface area contributed by atoms with Crippen LogP contribution in [0.4, 0.5) is 14.9 Å². The van der Waals surface area contributed by atoms with Crippen molar-refractivity contribution in [1.82, 2.24) is 4.90 Å². The van der Waals surface area contributed by atoms with Gasteiger partial charge in [0.25, 0.3) is 5.91 Å². The molecule has 2 aromatic carbocycles. The van der Waals surface area contributed by atoms with Gasteiger partial charge in [-0.15, -0.1) is 0 Å². The summed E-state index contributed by atoms with van der Waals surface area (Å²) in [5.41, 5.74) is 2.83. The molecule has 0 bridgehead atoms. The number of fused-ring (bicyclic) bond motifs is 1. The van der Waals surface area contributed by atoms with Crippen LogP contribution in [-0.2, 0) is 22.6 Å². The number of hydrogen-bond donors (Lipinski definition) is 2. The van der Waals surface area contributed by atoms with Gasteiger partial charge in [-0.05, 0) is 40.4 Å². The summed E-state index contributed by atoms with van der Waals surface area (Å²) in [6.07, 6.45) is -0.648. The largest absolute Gasteiger partial charge is 0.465 e. The Labute approximate surface area is 176 Å². The van der Waals surface area contributed by atoms with Gasteiger partial charge in [-0.3, -0.25) is 9.69 Å². The van der Waals surface area contributed by atoms with Gasteiger partial charge in [0.15, 0.2) is 0 Å². The number of halogens is 1. The Morgan fingerprint density at radius 1 is 1.23 bits per heavy atom. The highest BCUT2D eigenvalue weighted by molar-refractivity contribution is 6.88. The van der Waals surface area contributed by atoms with Crippen molar-refractivity contribution in [2.45, 2.75) is 38.7 Å². The van der Waals surface area contributed by atoms with Crippen molar-refractivity contribution in [2.24, 2.45) is 0 Å². The van der Waals surface area contributed by atoms with Crippen molar-refractivity contribution in [3.8, 4) is 0 Å². The van der Waals surface area contributed by atoms with E-state index in [1.807, 2.05) is 31.8 Å². The van der Waals surface area contributed by atoms with Crippen LogP contribution in [0.5, 0.6) is 0 Å². The quantitative estimate of drug-likeness (QED) is 0.709. The third-order valence-corrected chi connectivity index (χ3v) is 7.31. The van der Waals surface area contributed by atoms with Crippen LogP contribution in [0.25, 0.3) is 0 Å². The third kappa shape index (κ3) is 4.54. The fraction of sp³-hybridized carbons (Fsp3) is 0.364. The normalized spacial score (nSPS) is 16.2. The van der Waals surface area contributed by atoms with Gasteiger partial charge >= 0.3 is 6.09 Å². The first-order chi connectivity index (χ1) is 14.1. The molecule has 160 valence electrons. The second kappa shape index (κ2) is 8.57. The van der Waals surface area contributed by atoms with Gasteiger partial charge in [0.2, 0.25) is 0 Å². The zero-order valence-corrected chi connectivity index (χ0v) is 18.7. The van der Waals surface area contributed by atoms with E-state index in [9.17, 15) is 19.1 Å².